The number of hydrogen-bond donors (Lipinski definition) is 0. The Morgan fingerprint density at radius 2 is 0.962 bits per heavy atom. The summed E-state index contributed by atoms with van der Waals surface area (Å²) in [6.45, 7) is 0. The quantitative estimate of drug-likeness (QED) is 0.163. The van der Waals surface area contributed by atoms with E-state index in [4.69, 9.17) is 0 Å². The van der Waals surface area contributed by atoms with Gasteiger partial charge >= 0.3 is 0 Å². The molecule has 0 unspecified atom stereocenters. The SMILES string of the molecule is c1ccc(-c2cc(-c3ccccc3)c3c4ccccc4c4cc(N(c5cccnc5)c5cccc6ccccc56)ccc4c3c2-c2ccccc2)cc1. The Hall–Kier alpha value is -7.03. The zero-order valence-corrected chi connectivity index (χ0v) is 29.0. The first-order valence-electron chi connectivity index (χ1n) is 18.1. The molecule has 0 aliphatic heterocycles. The molecule has 0 atom stereocenters. The Kier molecular flexibility index (Phi) is 7.51. The Labute approximate surface area is 308 Å². The molecule has 53 heavy (non-hydrogen) atoms. The summed E-state index contributed by atoms with van der Waals surface area (Å²) in [4.78, 5) is 6.92. The third kappa shape index (κ3) is 5.23. The lowest BCUT2D eigenvalue weighted by molar-refractivity contribution is 1.24. The van der Waals surface area contributed by atoms with Gasteiger partial charge in [0.15, 0.2) is 0 Å². The highest BCUT2D eigenvalue weighted by molar-refractivity contribution is 6.33. The predicted molar refractivity (Wildman–Crippen MR) is 225 cm³/mol. The molecule has 0 aliphatic carbocycles. The zero-order chi connectivity index (χ0) is 35.1. The molecule has 0 saturated carbocycles. The monoisotopic (exact) mass is 674 g/mol. The van der Waals surface area contributed by atoms with E-state index in [0.29, 0.717) is 0 Å². The van der Waals surface area contributed by atoms with Gasteiger partial charge in [-0.05, 0) is 107 Å². The summed E-state index contributed by atoms with van der Waals surface area (Å²) in [6, 6.07) is 70.3. The molecular formula is C51H34N2. The van der Waals surface area contributed by atoms with Crippen molar-refractivity contribution in [1.82, 2.24) is 4.98 Å². The summed E-state index contributed by atoms with van der Waals surface area (Å²) in [6.07, 6.45) is 3.79. The molecule has 2 nitrogen and oxygen atoms in total. The third-order valence-electron chi connectivity index (χ3n) is 10.5. The van der Waals surface area contributed by atoms with Crippen molar-refractivity contribution >= 4 is 60.2 Å². The van der Waals surface area contributed by atoms with Crippen molar-refractivity contribution in [2.24, 2.45) is 0 Å². The van der Waals surface area contributed by atoms with Gasteiger partial charge in [0.1, 0.15) is 0 Å². The third-order valence-corrected chi connectivity index (χ3v) is 10.5. The molecule has 9 aromatic carbocycles. The molecule has 10 rings (SSSR count). The van der Waals surface area contributed by atoms with Gasteiger partial charge in [0, 0.05) is 17.3 Å². The van der Waals surface area contributed by atoms with Crippen molar-refractivity contribution in [1.29, 1.82) is 0 Å². The zero-order valence-electron chi connectivity index (χ0n) is 29.0. The Morgan fingerprint density at radius 3 is 1.68 bits per heavy atom. The first-order chi connectivity index (χ1) is 26.3. The fraction of sp³-hybridized carbons (Fsp3) is 0. The highest BCUT2D eigenvalue weighted by Gasteiger charge is 2.23. The van der Waals surface area contributed by atoms with E-state index in [1.54, 1.807) is 0 Å². The number of rotatable bonds is 6. The van der Waals surface area contributed by atoms with Gasteiger partial charge in [-0.3, -0.25) is 4.98 Å². The van der Waals surface area contributed by atoms with Crippen LogP contribution in [-0.2, 0) is 0 Å². The topological polar surface area (TPSA) is 16.1 Å². The fourth-order valence-corrected chi connectivity index (χ4v) is 8.19. The Bertz CT molecular complexity index is 2920. The first kappa shape index (κ1) is 30.8. The molecule has 0 aliphatic rings. The molecule has 0 saturated heterocycles. The van der Waals surface area contributed by atoms with Crippen molar-refractivity contribution < 1.29 is 0 Å². The van der Waals surface area contributed by atoms with Crippen LogP contribution in [0.15, 0.2) is 207 Å². The molecular weight excluding hydrogens is 641 g/mol. The summed E-state index contributed by atoms with van der Waals surface area (Å²) in [5.41, 5.74) is 10.5. The molecule has 0 amide bonds. The number of pyridine rings is 1. The lowest BCUT2D eigenvalue weighted by atomic mass is 9.81. The van der Waals surface area contributed by atoms with Crippen LogP contribution < -0.4 is 4.90 Å². The maximum absolute atomic E-state index is 4.57. The molecule has 0 N–H and O–H groups in total. The van der Waals surface area contributed by atoms with Gasteiger partial charge in [0.05, 0.1) is 17.6 Å². The van der Waals surface area contributed by atoms with Crippen LogP contribution in [0.3, 0.4) is 0 Å². The Balaban J connectivity index is 1.37. The van der Waals surface area contributed by atoms with E-state index < -0.39 is 0 Å². The predicted octanol–water partition coefficient (Wildman–Crippen LogP) is 14.2. The van der Waals surface area contributed by atoms with Crippen molar-refractivity contribution in [2.45, 2.75) is 0 Å². The normalized spacial score (nSPS) is 11.4. The van der Waals surface area contributed by atoms with Crippen LogP contribution in [0.2, 0.25) is 0 Å². The van der Waals surface area contributed by atoms with Crippen LogP contribution in [0.5, 0.6) is 0 Å². The molecule has 0 bridgehead atoms. The molecule has 10 aromatic rings. The highest BCUT2D eigenvalue weighted by atomic mass is 15.1. The van der Waals surface area contributed by atoms with Crippen LogP contribution in [0, 0.1) is 0 Å². The number of hydrogen-bond acceptors (Lipinski definition) is 2. The summed E-state index contributed by atoms with van der Waals surface area (Å²) in [7, 11) is 0. The molecule has 1 heterocycles. The number of nitrogens with zero attached hydrogens (tertiary/aromatic N) is 2. The lowest BCUT2D eigenvalue weighted by Gasteiger charge is -2.27. The van der Waals surface area contributed by atoms with Gasteiger partial charge < -0.3 is 4.90 Å². The molecule has 1 aromatic heterocycles. The number of benzene rings is 9. The molecule has 0 radical (unpaired) electrons. The first-order valence-corrected chi connectivity index (χ1v) is 18.1. The van der Waals surface area contributed by atoms with E-state index in [0.717, 1.165) is 17.1 Å². The van der Waals surface area contributed by atoms with Gasteiger partial charge in [0.25, 0.3) is 0 Å². The van der Waals surface area contributed by atoms with E-state index in [9.17, 15) is 0 Å². The van der Waals surface area contributed by atoms with E-state index in [2.05, 4.69) is 198 Å². The average Bonchev–Trinajstić information content (AvgIpc) is 3.24. The minimum Gasteiger partial charge on any atom is -0.308 e. The lowest BCUT2D eigenvalue weighted by Crippen LogP contribution is -2.10. The summed E-state index contributed by atoms with van der Waals surface area (Å²) < 4.78 is 0. The smallest absolute Gasteiger partial charge is 0.0645 e. The van der Waals surface area contributed by atoms with Gasteiger partial charge in [-0.2, -0.15) is 0 Å². The summed E-state index contributed by atoms with van der Waals surface area (Å²) >= 11 is 0. The maximum atomic E-state index is 4.57. The number of anilines is 3. The van der Waals surface area contributed by atoms with E-state index in [1.807, 2.05) is 18.5 Å². The standard InChI is InChI=1S/C51H34N2/c1-4-16-36(17-5-1)45-33-46(37-18-6-2-7-19-37)50-43-27-13-12-26-42(43)47-32-39(29-30-44(47)51(50)49(45)38-21-8-3-9-22-38)53(40-24-15-31-52-34-40)48-28-14-23-35-20-10-11-25-41(35)48/h1-34H. The number of fused-ring (bicyclic) bond motifs is 7. The second-order valence-electron chi connectivity index (χ2n) is 13.5. The van der Waals surface area contributed by atoms with Crippen LogP contribution in [0.1, 0.15) is 0 Å². The summed E-state index contributed by atoms with van der Waals surface area (Å²) in [5, 5.41) is 9.81. The Morgan fingerprint density at radius 1 is 0.358 bits per heavy atom. The van der Waals surface area contributed by atoms with Gasteiger partial charge in [-0.15, -0.1) is 0 Å². The minimum atomic E-state index is 1.01. The summed E-state index contributed by atoms with van der Waals surface area (Å²) in [5.74, 6) is 0. The van der Waals surface area contributed by atoms with Crippen molar-refractivity contribution in [3.8, 4) is 33.4 Å². The fourth-order valence-electron chi connectivity index (χ4n) is 8.19. The minimum absolute atomic E-state index is 1.01. The van der Waals surface area contributed by atoms with Gasteiger partial charge in [0.2, 0.25) is 0 Å². The second-order valence-corrected chi connectivity index (χ2v) is 13.5. The molecule has 2 heteroatoms. The largest absolute Gasteiger partial charge is 0.308 e. The average molecular weight is 675 g/mol. The highest BCUT2D eigenvalue weighted by Crippen LogP contribution is 2.50. The van der Waals surface area contributed by atoms with E-state index >= 15 is 0 Å². The molecule has 248 valence electrons. The van der Waals surface area contributed by atoms with Crippen molar-refractivity contribution in [2.75, 3.05) is 4.90 Å². The van der Waals surface area contributed by atoms with Crippen LogP contribution in [-0.4, -0.2) is 4.98 Å². The van der Waals surface area contributed by atoms with Crippen molar-refractivity contribution in [3.05, 3.63) is 207 Å². The second kappa shape index (κ2) is 12.9. The van der Waals surface area contributed by atoms with Crippen LogP contribution >= 0.6 is 0 Å². The van der Waals surface area contributed by atoms with Gasteiger partial charge in [-0.1, -0.05) is 158 Å². The van der Waals surface area contributed by atoms with E-state index in [-0.39, 0.29) is 0 Å². The van der Waals surface area contributed by atoms with Gasteiger partial charge in [-0.25, -0.2) is 0 Å². The van der Waals surface area contributed by atoms with Crippen LogP contribution in [0.4, 0.5) is 17.1 Å². The van der Waals surface area contributed by atoms with E-state index in [1.165, 1.54) is 76.5 Å². The van der Waals surface area contributed by atoms with Crippen molar-refractivity contribution in [3.63, 3.8) is 0 Å². The number of aromatic nitrogens is 1. The molecule has 0 spiro atoms. The molecule has 0 fully saturated rings. The van der Waals surface area contributed by atoms with Crippen LogP contribution in [0.25, 0.3) is 76.5 Å². The maximum Gasteiger partial charge on any atom is 0.0645 e.